The van der Waals surface area contributed by atoms with E-state index < -0.39 is 11.4 Å². The van der Waals surface area contributed by atoms with Crippen LogP contribution in [0.5, 0.6) is 0 Å². The highest BCUT2D eigenvalue weighted by atomic mass is 127. The lowest BCUT2D eigenvalue weighted by molar-refractivity contribution is 0.0695. The number of para-hydroxylation sites is 1. The van der Waals surface area contributed by atoms with Crippen molar-refractivity contribution in [3.05, 3.63) is 74.1 Å². The molecule has 0 aliphatic heterocycles. The molecular formula is C16H10INO3. The van der Waals surface area contributed by atoms with Crippen LogP contribution in [0.4, 0.5) is 0 Å². The van der Waals surface area contributed by atoms with Gasteiger partial charge < -0.3 is 9.67 Å². The molecule has 0 bridgehead atoms. The maximum absolute atomic E-state index is 12.3. The fourth-order valence-corrected chi connectivity index (χ4v) is 2.75. The third kappa shape index (κ3) is 2.44. The second kappa shape index (κ2) is 5.33. The van der Waals surface area contributed by atoms with Crippen molar-refractivity contribution in [2.24, 2.45) is 0 Å². The van der Waals surface area contributed by atoms with Crippen molar-refractivity contribution < 1.29 is 9.90 Å². The quantitative estimate of drug-likeness (QED) is 0.683. The van der Waals surface area contributed by atoms with Gasteiger partial charge in [-0.25, -0.2) is 4.79 Å². The first-order valence-corrected chi connectivity index (χ1v) is 7.29. The number of carboxylic acid groups (broad SMARTS) is 1. The summed E-state index contributed by atoms with van der Waals surface area (Å²) in [5.74, 6) is -1.22. The van der Waals surface area contributed by atoms with E-state index in [-0.39, 0.29) is 5.56 Å². The van der Waals surface area contributed by atoms with Crippen molar-refractivity contribution in [3.63, 3.8) is 0 Å². The molecule has 0 spiro atoms. The minimum atomic E-state index is -1.22. The number of hydrogen-bond acceptors (Lipinski definition) is 2. The van der Waals surface area contributed by atoms with Crippen molar-refractivity contribution in [2.75, 3.05) is 0 Å². The van der Waals surface area contributed by atoms with E-state index in [1.54, 1.807) is 10.6 Å². The van der Waals surface area contributed by atoms with Crippen molar-refractivity contribution in [1.29, 1.82) is 0 Å². The number of pyridine rings is 1. The Labute approximate surface area is 133 Å². The Kier molecular flexibility index (Phi) is 3.50. The van der Waals surface area contributed by atoms with Crippen LogP contribution in [0, 0.1) is 3.57 Å². The standard InChI is InChI=1S/C16H10INO3/c17-10-6-7-14-12(8-10)15(19)13(16(20)21)9-18(14)11-4-2-1-3-5-11/h1-9H,(H,20,21). The van der Waals surface area contributed by atoms with E-state index in [2.05, 4.69) is 22.6 Å². The lowest BCUT2D eigenvalue weighted by atomic mass is 10.1. The number of carboxylic acids is 1. The highest BCUT2D eigenvalue weighted by Gasteiger charge is 2.15. The first-order chi connectivity index (χ1) is 10.1. The van der Waals surface area contributed by atoms with Crippen LogP contribution < -0.4 is 5.43 Å². The molecule has 0 saturated heterocycles. The Morgan fingerprint density at radius 3 is 2.48 bits per heavy atom. The Balaban J connectivity index is 2.47. The molecular weight excluding hydrogens is 381 g/mol. The molecule has 0 atom stereocenters. The van der Waals surface area contributed by atoms with Gasteiger partial charge in [-0.2, -0.15) is 0 Å². The third-order valence-electron chi connectivity index (χ3n) is 3.23. The van der Waals surface area contributed by atoms with Crippen molar-refractivity contribution in [1.82, 2.24) is 4.57 Å². The second-order valence-electron chi connectivity index (χ2n) is 4.54. The van der Waals surface area contributed by atoms with E-state index in [9.17, 15) is 14.7 Å². The second-order valence-corrected chi connectivity index (χ2v) is 5.79. The highest BCUT2D eigenvalue weighted by Crippen LogP contribution is 2.19. The largest absolute Gasteiger partial charge is 0.477 e. The fraction of sp³-hybridized carbons (Fsp3) is 0. The average Bonchev–Trinajstić information content (AvgIpc) is 2.48. The zero-order valence-corrected chi connectivity index (χ0v) is 12.9. The van der Waals surface area contributed by atoms with Gasteiger partial charge in [0.2, 0.25) is 5.43 Å². The van der Waals surface area contributed by atoms with Gasteiger partial charge >= 0.3 is 5.97 Å². The normalized spacial score (nSPS) is 10.7. The van der Waals surface area contributed by atoms with Crippen LogP contribution in [0.3, 0.4) is 0 Å². The maximum Gasteiger partial charge on any atom is 0.341 e. The number of aromatic carboxylic acids is 1. The fourth-order valence-electron chi connectivity index (χ4n) is 2.26. The number of carbonyl (C=O) groups is 1. The smallest absolute Gasteiger partial charge is 0.341 e. The number of benzene rings is 2. The molecule has 0 saturated carbocycles. The van der Waals surface area contributed by atoms with Crippen LogP contribution in [0.2, 0.25) is 0 Å². The summed E-state index contributed by atoms with van der Waals surface area (Å²) in [5, 5.41) is 9.66. The molecule has 0 amide bonds. The summed E-state index contributed by atoms with van der Waals surface area (Å²) < 4.78 is 2.62. The lowest BCUT2D eigenvalue weighted by Gasteiger charge is -2.12. The van der Waals surface area contributed by atoms with Gasteiger partial charge in [0, 0.05) is 20.8 Å². The minimum absolute atomic E-state index is 0.228. The summed E-state index contributed by atoms with van der Waals surface area (Å²) in [6.07, 6.45) is 1.38. The minimum Gasteiger partial charge on any atom is -0.477 e. The molecule has 4 nitrogen and oxygen atoms in total. The monoisotopic (exact) mass is 391 g/mol. The van der Waals surface area contributed by atoms with E-state index in [4.69, 9.17) is 0 Å². The first-order valence-electron chi connectivity index (χ1n) is 6.21. The van der Waals surface area contributed by atoms with Crippen LogP contribution in [0.15, 0.2) is 59.5 Å². The van der Waals surface area contributed by atoms with Gasteiger partial charge in [0.05, 0.1) is 5.52 Å². The average molecular weight is 391 g/mol. The van der Waals surface area contributed by atoms with Gasteiger partial charge in [-0.05, 0) is 52.9 Å². The number of hydrogen-bond donors (Lipinski definition) is 1. The summed E-state index contributed by atoms with van der Waals surface area (Å²) in [5.41, 5.74) is 0.819. The molecule has 0 fully saturated rings. The Hall–Kier alpha value is -2.15. The zero-order chi connectivity index (χ0) is 15.0. The van der Waals surface area contributed by atoms with E-state index in [1.807, 2.05) is 42.5 Å². The SMILES string of the molecule is O=C(O)c1cn(-c2ccccc2)c2ccc(I)cc2c1=O. The summed E-state index contributed by atoms with van der Waals surface area (Å²) in [6.45, 7) is 0. The zero-order valence-electron chi connectivity index (χ0n) is 10.8. The van der Waals surface area contributed by atoms with E-state index >= 15 is 0 Å². The molecule has 1 aromatic heterocycles. The summed E-state index contributed by atoms with van der Waals surface area (Å²) in [6, 6.07) is 14.8. The molecule has 21 heavy (non-hydrogen) atoms. The molecule has 1 heterocycles. The van der Waals surface area contributed by atoms with Crippen LogP contribution in [-0.4, -0.2) is 15.6 Å². The molecule has 3 aromatic rings. The predicted octanol–water partition coefficient (Wildman–Crippen LogP) is 3.29. The molecule has 0 aliphatic rings. The molecule has 1 N–H and O–H groups in total. The molecule has 0 radical (unpaired) electrons. The number of nitrogens with zero attached hydrogens (tertiary/aromatic N) is 1. The molecule has 5 heteroatoms. The summed E-state index contributed by atoms with van der Waals surface area (Å²) >= 11 is 2.10. The third-order valence-corrected chi connectivity index (χ3v) is 3.90. The predicted molar refractivity (Wildman–Crippen MR) is 89.2 cm³/mol. The summed E-state index contributed by atoms with van der Waals surface area (Å²) in [7, 11) is 0. The van der Waals surface area contributed by atoms with Crippen LogP contribution in [0.25, 0.3) is 16.6 Å². The van der Waals surface area contributed by atoms with E-state index in [1.165, 1.54) is 6.20 Å². The topological polar surface area (TPSA) is 59.3 Å². The van der Waals surface area contributed by atoms with Gasteiger partial charge in [-0.3, -0.25) is 4.79 Å². The highest BCUT2D eigenvalue weighted by molar-refractivity contribution is 14.1. The Morgan fingerprint density at radius 1 is 1.10 bits per heavy atom. The van der Waals surface area contributed by atoms with Gasteiger partial charge in [0.15, 0.2) is 0 Å². The van der Waals surface area contributed by atoms with Gasteiger partial charge in [0.1, 0.15) is 5.56 Å². The number of rotatable bonds is 2. The Morgan fingerprint density at radius 2 is 1.81 bits per heavy atom. The van der Waals surface area contributed by atoms with Crippen LogP contribution >= 0.6 is 22.6 Å². The van der Waals surface area contributed by atoms with E-state index in [0.717, 1.165) is 9.26 Å². The molecule has 3 rings (SSSR count). The molecule has 0 aliphatic carbocycles. The first kappa shape index (κ1) is 13.8. The maximum atomic E-state index is 12.3. The molecule has 0 unspecified atom stereocenters. The van der Waals surface area contributed by atoms with Crippen LogP contribution in [-0.2, 0) is 0 Å². The number of aromatic nitrogens is 1. The number of halogens is 1. The van der Waals surface area contributed by atoms with Crippen molar-refractivity contribution in [3.8, 4) is 5.69 Å². The van der Waals surface area contributed by atoms with Gasteiger partial charge in [-0.15, -0.1) is 0 Å². The van der Waals surface area contributed by atoms with Gasteiger partial charge in [-0.1, -0.05) is 18.2 Å². The van der Waals surface area contributed by atoms with Gasteiger partial charge in [0.25, 0.3) is 0 Å². The lowest BCUT2D eigenvalue weighted by Crippen LogP contribution is -2.18. The number of fused-ring (bicyclic) bond motifs is 1. The molecule has 2 aromatic carbocycles. The Bertz CT molecular complexity index is 901. The molecule has 104 valence electrons. The van der Waals surface area contributed by atoms with Crippen molar-refractivity contribution in [2.45, 2.75) is 0 Å². The summed E-state index contributed by atoms with van der Waals surface area (Å²) in [4.78, 5) is 23.6. The van der Waals surface area contributed by atoms with E-state index in [0.29, 0.717) is 10.9 Å². The van der Waals surface area contributed by atoms with Crippen molar-refractivity contribution >= 4 is 39.5 Å². The van der Waals surface area contributed by atoms with Crippen LogP contribution in [0.1, 0.15) is 10.4 Å².